The first kappa shape index (κ1) is 22.5. The summed E-state index contributed by atoms with van der Waals surface area (Å²) in [5.74, 6) is -2.30. The number of amides is 3. The number of hydrogen-bond acceptors (Lipinski definition) is 7. The van der Waals surface area contributed by atoms with Gasteiger partial charge in [-0.25, -0.2) is 4.79 Å². The van der Waals surface area contributed by atoms with Gasteiger partial charge in [0.05, 0.1) is 13.0 Å². The molecule has 2 N–H and O–H groups in total. The molecule has 0 saturated carbocycles. The van der Waals surface area contributed by atoms with E-state index in [4.69, 9.17) is 4.84 Å². The minimum Gasteiger partial charge on any atom is -0.344 e. The fraction of sp³-hybridized carbons (Fsp3) is 0.600. The van der Waals surface area contributed by atoms with E-state index in [0.29, 0.717) is 6.42 Å². The van der Waals surface area contributed by atoms with Crippen LogP contribution in [0.3, 0.4) is 0 Å². The van der Waals surface area contributed by atoms with Gasteiger partial charge in [-0.15, -0.1) is 0 Å². The molecule has 1 saturated heterocycles. The first-order valence-corrected chi connectivity index (χ1v) is 12.7. The number of rotatable bonds is 10. The Kier molecular flexibility index (Phi) is 7.33. The van der Waals surface area contributed by atoms with Gasteiger partial charge < -0.3 is 14.6 Å². The van der Waals surface area contributed by atoms with E-state index in [1.165, 1.54) is 0 Å². The van der Waals surface area contributed by atoms with E-state index in [9.17, 15) is 38.1 Å². The molecule has 0 spiro atoms. The third-order valence-corrected chi connectivity index (χ3v) is 8.30. The Labute approximate surface area is 161 Å². The molecule has 2 atom stereocenters. The van der Waals surface area contributed by atoms with Crippen molar-refractivity contribution in [2.24, 2.45) is 0 Å². The lowest BCUT2D eigenvalue weighted by atomic mass is 10.4. The Morgan fingerprint density at radius 2 is 1.57 bits per heavy atom. The Morgan fingerprint density at radius 3 is 2.11 bits per heavy atom. The van der Waals surface area contributed by atoms with Gasteiger partial charge in [0.15, 0.2) is 0 Å². The zero-order chi connectivity index (χ0) is 20.9. The van der Waals surface area contributed by atoms with Gasteiger partial charge >= 0.3 is 5.97 Å². The summed E-state index contributed by atoms with van der Waals surface area (Å²) >= 11 is 0. The van der Waals surface area contributed by atoms with Crippen LogP contribution in [-0.2, 0) is 33.1 Å². The summed E-state index contributed by atoms with van der Waals surface area (Å²) in [6.07, 6.45) is 0.759. The van der Waals surface area contributed by atoms with Crippen LogP contribution >= 0.6 is 14.7 Å². The van der Waals surface area contributed by atoms with Crippen molar-refractivity contribution < 1.29 is 42.9 Å². The normalized spacial score (nSPS) is 21.1. The summed E-state index contributed by atoms with van der Waals surface area (Å²) in [7, 11) is -7.72. The molecule has 2 aliphatic heterocycles. The van der Waals surface area contributed by atoms with E-state index in [2.05, 4.69) is 0 Å². The highest BCUT2D eigenvalue weighted by Crippen LogP contribution is 2.48. The molecule has 28 heavy (non-hydrogen) atoms. The van der Waals surface area contributed by atoms with Crippen molar-refractivity contribution in [2.45, 2.75) is 19.3 Å². The summed E-state index contributed by atoms with van der Waals surface area (Å²) in [5, 5.41) is 0.919. The predicted octanol–water partition coefficient (Wildman–Crippen LogP) is -0.0771. The predicted molar refractivity (Wildman–Crippen MR) is 96.6 cm³/mol. The minimum absolute atomic E-state index is 0.260. The van der Waals surface area contributed by atoms with Crippen LogP contribution in [-0.4, -0.2) is 81.2 Å². The average molecular weight is 436 g/mol. The largest absolute Gasteiger partial charge is 0.344 e. The van der Waals surface area contributed by atoms with Crippen LogP contribution < -0.4 is 0 Å². The maximum Gasteiger partial charge on any atom is 0.333 e. The topological polar surface area (TPSA) is 159 Å². The molecule has 156 valence electrons. The van der Waals surface area contributed by atoms with Crippen molar-refractivity contribution in [1.29, 1.82) is 0 Å². The second-order valence-corrected chi connectivity index (χ2v) is 11.7. The molecule has 2 heterocycles. The molecule has 0 bridgehead atoms. The number of nitrogens with zero attached hydrogens (tertiary/aromatic N) is 2. The van der Waals surface area contributed by atoms with Gasteiger partial charge in [-0.1, -0.05) is 0 Å². The lowest BCUT2D eigenvalue weighted by Crippen LogP contribution is -2.32. The van der Waals surface area contributed by atoms with Gasteiger partial charge in [0.1, 0.15) is 0 Å². The summed E-state index contributed by atoms with van der Waals surface area (Å²) in [6, 6.07) is 0. The molecule has 0 aromatic heterocycles. The van der Waals surface area contributed by atoms with Crippen LogP contribution in [0.1, 0.15) is 19.3 Å². The smallest absolute Gasteiger partial charge is 0.333 e. The quantitative estimate of drug-likeness (QED) is 0.353. The van der Waals surface area contributed by atoms with E-state index >= 15 is 0 Å². The van der Waals surface area contributed by atoms with Crippen LogP contribution in [0.4, 0.5) is 0 Å². The SMILES string of the molecule is O=C(CCP(=O)(O)CCP(=O)(O)CCN1C(=O)C=CC1=O)ON1CCCC1=O. The van der Waals surface area contributed by atoms with Crippen LogP contribution in [0.2, 0.25) is 0 Å². The Morgan fingerprint density at radius 1 is 1.00 bits per heavy atom. The highest BCUT2D eigenvalue weighted by molar-refractivity contribution is 7.62. The van der Waals surface area contributed by atoms with Gasteiger partial charge in [-0.2, -0.15) is 5.06 Å². The Hall–Kier alpha value is -1.80. The third kappa shape index (κ3) is 6.67. The zero-order valence-corrected chi connectivity index (χ0v) is 16.8. The Balaban J connectivity index is 1.73. The molecule has 11 nitrogen and oxygen atoms in total. The van der Waals surface area contributed by atoms with Crippen molar-refractivity contribution in [3.8, 4) is 0 Å². The van der Waals surface area contributed by atoms with Crippen LogP contribution in [0.5, 0.6) is 0 Å². The molecule has 0 aliphatic carbocycles. The van der Waals surface area contributed by atoms with Gasteiger partial charge in [-0.05, 0) is 6.42 Å². The van der Waals surface area contributed by atoms with Gasteiger partial charge in [0, 0.05) is 49.8 Å². The molecule has 0 aromatic rings. The number of hydrogen-bond donors (Lipinski definition) is 2. The highest BCUT2D eigenvalue weighted by atomic mass is 31.2. The maximum absolute atomic E-state index is 12.2. The van der Waals surface area contributed by atoms with Crippen LogP contribution in [0, 0.1) is 0 Å². The maximum atomic E-state index is 12.2. The lowest BCUT2D eigenvalue weighted by Gasteiger charge is -2.18. The van der Waals surface area contributed by atoms with Crippen molar-refractivity contribution >= 4 is 38.4 Å². The van der Waals surface area contributed by atoms with Crippen molar-refractivity contribution in [3.63, 3.8) is 0 Å². The third-order valence-electron chi connectivity index (χ3n) is 4.28. The molecule has 0 aromatic carbocycles. The Bertz CT molecular complexity index is 776. The molecule has 2 rings (SSSR count). The van der Waals surface area contributed by atoms with Gasteiger partial charge in [-0.3, -0.25) is 28.4 Å². The first-order chi connectivity index (χ1) is 13.0. The minimum atomic E-state index is -3.87. The molecule has 3 amide bonds. The summed E-state index contributed by atoms with van der Waals surface area (Å²) < 4.78 is 24.3. The highest BCUT2D eigenvalue weighted by Gasteiger charge is 2.30. The van der Waals surface area contributed by atoms with E-state index < -0.39 is 57.4 Å². The summed E-state index contributed by atoms with van der Waals surface area (Å²) in [4.78, 5) is 71.3. The van der Waals surface area contributed by atoms with E-state index in [-0.39, 0.29) is 31.6 Å². The van der Waals surface area contributed by atoms with Crippen LogP contribution in [0.25, 0.3) is 0 Å². The molecular weight excluding hydrogens is 414 g/mol. The van der Waals surface area contributed by atoms with E-state index in [1.54, 1.807) is 0 Å². The molecule has 1 fully saturated rings. The molecule has 2 aliphatic rings. The fourth-order valence-corrected chi connectivity index (χ4v) is 6.59. The molecule has 13 heteroatoms. The van der Waals surface area contributed by atoms with Crippen molar-refractivity contribution in [3.05, 3.63) is 12.2 Å². The summed E-state index contributed by atoms with van der Waals surface area (Å²) in [6.45, 7) is 0.0248. The number of carbonyl (C=O) groups excluding carboxylic acids is 4. The number of carbonyl (C=O) groups is 4. The molecule has 0 radical (unpaired) electrons. The van der Waals surface area contributed by atoms with Gasteiger partial charge in [0.25, 0.3) is 17.7 Å². The fourth-order valence-electron chi connectivity index (χ4n) is 2.60. The summed E-state index contributed by atoms with van der Waals surface area (Å²) in [5.41, 5.74) is 0. The lowest BCUT2D eigenvalue weighted by molar-refractivity contribution is -0.192. The number of imide groups is 1. The monoisotopic (exact) mass is 436 g/mol. The standard InChI is InChI=1S/C15H22N2O9P2/c18-12-3-4-13(19)16(12)7-9-28(24,25)11-10-27(22,23)8-5-15(21)26-17-6-1-2-14(17)20/h3-4H,1-2,5-11H2,(H,22,23)(H,24,25). The second-order valence-electron chi connectivity index (χ2n) is 6.56. The van der Waals surface area contributed by atoms with Crippen molar-refractivity contribution in [2.75, 3.05) is 37.7 Å². The average Bonchev–Trinajstić information content (AvgIpc) is 3.16. The zero-order valence-electron chi connectivity index (χ0n) is 15.1. The first-order valence-electron chi connectivity index (χ1n) is 8.65. The van der Waals surface area contributed by atoms with Gasteiger partial charge in [0.2, 0.25) is 14.7 Å². The second kappa shape index (κ2) is 9.13. The molecule has 2 unspecified atom stereocenters. The van der Waals surface area contributed by atoms with E-state index in [0.717, 1.165) is 22.1 Å². The van der Waals surface area contributed by atoms with E-state index in [1.807, 2.05) is 0 Å². The number of hydroxylamine groups is 2. The van der Waals surface area contributed by atoms with Crippen molar-refractivity contribution in [1.82, 2.24) is 9.96 Å². The van der Waals surface area contributed by atoms with Crippen LogP contribution in [0.15, 0.2) is 12.2 Å². The molecular formula is C15H22N2O9P2.